The van der Waals surface area contributed by atoms with Gasteiger partial charge in [-0.1, -0.05) is 42.5 Å². The second kappa shape index (κ2) is 7.94. The van der Waals surface area contributed by atoms with Crippen LogP contribution in [0.1, 0.15) is 21.5 Å². The lowest BCUT2D eigenvalue weighted by molar-refractivity contribution is -0.139. The summed E-state index contributed by atoms with van der Waals surface area (Å²) in [5.74, 6) is -0.977. The van der Waals surface area contributed by atoms with Gasteiger partial charge in [0.1, 0.15) is 0 Å². The molecule has 1 atom stereocenters. The van der Waals surface area contributed by atoms with Gasteiger partial charge in [0, 0.05) is 6.54 Å². The first-order valence-electron chi connectivity index (χ1n) is 8.37. The number of carboxylic acids is 1. The standard InChI is InChI=1S/C20H21NO4/c22-19(13-16-7-4-8-17(11-16)20(23)24)21-9-10-25-14-18(21)12-15-5-2-1-3-6-15/h1-8,11,18H,9-10,12-14H2,(H,23,24)/t18-/m0/s1. The van der Waals surface area contributed by atoms with Crippen molar-refractivity contribution in [1.82, 2.24) is 4.90 Å². The van der Waals surface area contributed by atoms with Crippen LogP contribution < -0.4 is 0 Å². The Balaban J connectivity index is 1.70. The van der Waals surface area contributed by atoms with Crippen molar-refractivity contribution >= 4 is 11.9 Å². The Hall–Kier alpha value is -2.66. The molecule has 5 nitrogen and oxygen atoms in total. The lowest BCUT2D eigenvalue weighted by Crippen LogP contribution is -2.50. The highest BCUT2D eigenvalue weighted by Crippen LogP contribution is 2.16. The van der Waals surface area contributed by atoms with Crippen LogP contribution in [0.5, 0.6) is 0 Å². The Morgan fingerprint density at radius 3 is 2.60 bits per heavy atom. The van der Waals surface area contributed by atoms with Crippen LogP contribution in [0.2, 0.25) is 0 Å². The van der Waals surface area contributed by atoms with Crippen LogP contribution in [0.25, 0.3) is 0 Å². The van der Waals surface area contributed by atoms with Gasteiger partial charge >= 0.3 is 5.97 Å². The van der Waals surface area contributed by atoms with Gasteiger partial charge in [0.15, 0.2) is 0 Å². The van der Waals surface area contributed by atoms with Gasteiger partial charge in [-0.3, -0.25) is 4.79 Å². The van der Waals surface area contributed by atoms with Crippen molar-refractivity contribution in [2.75, 3.05) is 19.8 Å². The molecule has 5 heteroatoms. The second-order valence-electron chi connectivity index (χ2n) is 6.19. The quantitative estimate of drug-likeness (QED) is 0.908. The van der Waals surface area contributed by atoms with Crippen LogP contribution in [0.4, 0.5) is 0 Å². The minimum atomic E-state index is -0.984. The third-order valence-electron chi connectivity index (χ3n) is 4.39. The van der Waals surface area contributed by atoms with Crippen LogP contribution in [-0.4, -0.2) is 47.7 Å². The summed E-state index contributed by atoms with van der Waals surface area (Å²) in [5, 5.41) is 9.09. The zero-order valence-corrected chi connectivity index (χ0v) is 13.9. The Bertz CT molecular complexity index is 744. The molecule has 0 spiro atoms. The highest BCUT2D eigenvalue weighted by molar-refractivity contribution is 5.88. The predicted octanol–water partition coefficient (Wildman–Crippen LogP) is 2.40. The largest absolute Gasteiger partial charge is 0.478 e. The smallest absolute Gasteiger partial charge is 0.335 e. The first kappa shape index (κ1) is 17.2. The molecular weight excluding hydrogens is 318 g/mol. The number of carboxylic acid groups (broad SMARTS) is 1. The SMILES string of the molecule is O=C(O)c1cccc(CC(=O)N2CCOC[C@@H]2Cc2ccccc2)c1. The normalized spacial score (nSPS) is 17.3. The number of amides is 1. The van der Waals surface area contributed by atoms with E-state index < -0.39 is 5.97 Å². The molecule has 1 fully saturated rings. The predicted molar refractivity (Wildman–Crippen MR) is 93.6 cm³/mol. The Labute approximate surface area is 146 Å². The van der Waals surface area contributed by atoms with Crippen molar-refractivity contribution in [2.45, 2.75) is 18.9 Å². The van der Waals surface area contributed by atoms with Crippen LogP contribution in [0, 0.1) is 0 Å². The lowest BCUT2D eigenvalue weighted by atomic mass is 10.0. The maximum Gasteiger partial charge on any atom is 0.335 e. The Morgan fingerprint density at radius 1 is 1.08 bits per heavy atom. The Morgan fingerprint density at radius 2 is 1.84 bits per heavy atom. The first-order chi connectivity index (χ1) is 12.1. The van der Waals surface area contributed by atoms with Crippen molar-refractivity contribution in [2.24, 2.45) is 0 Å². The molecule has 1 aliphatic heterocycles. The third-order valence-corrected chi connectivity index (χ3v) is 4.39. The van der Waals surface area contributed by atoms with Gasteiger partial charge in [-0.15, -0.1) is 0 Å². The molecule has 1 saturated heterocycles. The van der Waals surface area contributed by atoms with Crippen LogP contribution in [-0.2, 0) is 22.4 Å². The zero-order chi connectivity index (χ0) is 17.6. The van der Waals surface area contributed by atoms with Gasteiger partial charge < -0.3 is 14.7 Å². The average molecular weight is 339 g/mol. The molecule has 3 rings (SSSR count). The number of morpholine rings is 1. The van der Waals surface area contributed by atoms with E-state index in [0.717, 1.165) is 12.0 Å². The number of hydrogen-bond acceptors (Lipinski definition) is 3. The van der Waals surface area contributed by atoms with E-state index in [1.54, 1.807) is 18.2 Å². The molecule has 0 unspecified atom stereocenters. The lowest BCUT2D eigenvalue weighted by Gasteiger charge is -2.36. The summed E-state index contributed by atoms with van der Waals surface area (Å²) in [7, 11) is 0. The molecule has 1 heterocycles. The van der Waals surface area contributed by atoms with Crippen LogP contribution in [0.15, 0.2) is 54.6 Å². The molecular formula is C20H21NO4. The minimum absolute atomic E-state index is 0.00584. The average Bonchev–Trinajstić information content (AvgIpc) is 2.63. The zero-order valence-electron chi connectivity index (χ0n) is 13.9. The molecule has 130 valence electrons. The summed E-state index contributed by atoms with van der Waals surface area (Å²) >= 11 is 0. The number of ether oxygens (including phenoxy) is 1. The van der Waals surface area contributed by atoms with E-state index in [1.807, 2.05) is 35.2 Å². The number of carbonyl (C=O) groups is 2. The molecule has 1 amide bonds. The first-order valence-corrected chi connectivity index (χ1v) is 8.37. The summed E-state index contributed by atoms with van der Waals surface area (Å²) in [6, 6.07) is 16.6. The number of rotatable bonds is 5. The summed E-state index contributed by atoms with van der Waals surface area (Å²) < 4.78 is 5.56. The van der Waals surface area contributed by atoms with Gasteiger partial charge in [0.2, 0.25) is 5.91 Å². The number of benzene rings is 2. The molecule has 1 N–H and O–H groups in total. The van der Waals surface area contributed by atoms with E-state index in [-0.39, 0.29) is 23.9 Å². The molecule has 0 aliphatic carbocycles. The highest BCUT2D eigenvalue weighted by Gasteiger charge is 2.27. The van der Waals surface area contributed by atoms with Crippen LogP contribution in [0.3, 0.4) is 0 Å². The van der Waals surface area contributed by atoms with Crippen molar-refractivity contribution in [3.05, 3.63) is 71.3 Å². The minimum Gasteiger partial charge on any atom is -0.478 e. The number of carbonyl (C=O) groups excluding carboxylic acids is 1. The molecule has 25 heavy (non-hydrogen) atoms. The van der Waals surface area contributed by atoms with Gasteiger partial charge in [-0.2, -0.15) is 0 Å². The maximum atomic E-state index is 12.8. The molecule has 0 radical (unpaired) electrons. The molecule has 2 aromatic carbocycles. The van der Waals surface area contributed by atoms with E-state index in [1.165, 1.54) is 11.6 Å². The highest BCUT2D eigenvalue weighted by atomic mass is 16.5. The fourth-order valence-electron chi connectivity index (χ4n) is 3.13. The van der Waals surface area contributed by atoms with Crippen molar-refractivity contribution in [1.29, 1.82) is 0 Å². The number of nitrogens with zero attached hydrogens (tertiary/aromatic N) is 1. The third kappa shape index (κ3) is 4.45. The summed E-state index contributed by atoms with van der Waals surface area (Å²) in [4.78, 5) is 25.7. The number of aromatic carboxylic acids is 1. The fourth-order valence-corrected chi connectivity index (χ4v) is 3.13. The monoisotopic (exact) mass is 339 g/mol. The van der Waals surface area contributed by atoms with E-state index >= 15 is 0 Å². The van der Waals surface area contributed by atoms with Crippen molar-refractivity contribution in [3.63, 3.8) is 0 Å². The summed E-state index contributed by atoms with van der Waals surface area (Å²) in [5.41, 5.74) is 2.09. The van der Waals surface area contributed by atoms with Gasteiger partial charge in [-0.05, 0) is 29.7 Å². The molecule has 0 saturated carbocycles. The summed E-state index contributed by atoms with van der Waals surface area (Å²) in [6.07, 6.45) is 0.953. The van der Waals surface area contributed by atoms with Gasteiger partial charge in [0.25, 0.3) is 0 Å². The summed E-state index contributed by atoms with van der Waals surface area (Å²) in [6.45, 7) is 1.62. The topological polar surface area (TPSA) is 66.8 Å². The number of hydrogen-bond donors (Lipinski definition) is 1. The Kier molecular flexibility index (Phi) is 5.46. The van der Waals surface area contributed by atoms with Gasteiger partial charge in [-0.25, -0.2) is 4.79 Å². The molecule has 0 bridgehead atoms. The van der Waals surface area contributed by atoms with Crippen molar-refractivity contribution < 1.29 is 19.4 Å². The molecule has 2 aromatic rings. The van der Waals surface area contributed by atoms with E-state index in [4.69, 9.17) is 9.84 Å². The van der Waals surface area contributed by atoms with Crippen LogP contribution >= 0.6 is 0 Å². The fraction of sp³-hybridized carbons (Fsp3) is 0.300. The second-order valence-corrected chi connectivity index (χ2v) is 6.19. The molecule has 0 aromatic heterocycles. The van der Waals surface area contributed by atoms with Crippen molar-refractivity contribution in [3.8, 4) is 0 Å². The van der Waals surface area contributed by atoms with E-state index in [0.29, 0.717) is 19.8 Å². The van der Waals surface area contributed by atoms with E-state index in [9.17, 15) is 9.59 Å². The maximum absolute atomic E-state index is 12.8. The van der Waals surface area contributed by atoms with E-state index in [2.05, 4.69) is 0 Å². The van der Waals surface area contributed by atoms with Gasteiger partial charge in [0.05, 0.1) is 31.2 Å². The molecule has 1 aliphatic rings.